The number of hydrogen-bond donors (Lipinski definition) is 2. The van der Waals surface area contributed by atoms with Crippen molar-refractivity contribution in [3.05, 3.63) is 0 Å². The maximum atomic E-state index is 11.6. The molecule has 1 aliphatic heterocycles. The van der Waals surface area contributed by atoms with E-state index in [1.54, 1.807) is 4.90 Å². The van der Waals surface area contributed by atoms with Crippen LogP contribution < -0.4 is 11.1 Å². The number of hydrogen-bond acceptors (Lipinski definition) is 2. The normalized spacial score (nSPS) is 20.2. The molecule has 1 fully saturated rings. The highest BCUT2D eigenvalue weighted by atomic mass is 16.2. The number of nitrogens with one attached hydrogen (secondary N) is 1. The van der Waals surface area contributed by atoms with E-state index in [1.165, 1.54) is 0 Å². The van der Waals surface area contributed by atoms with Gasteiger partial charge in [-0.25, -0.2) is 4.79 Å². The van der Waals surface area contributed by atoms with Gasteiger partial charge in [-0.1, -0.05) is 0 Å². The zero-order valence-electron chi connectivity index (χ0n) is 9.50. The molecule has 2 amide bonds. The van der Waals surface area contributed by atoms with Crippen molar-refractivity contribution in [3.8, 4) is 0 Å². The molecule has 3 N–H and O–H groups in total. The van der Waals surface area contributed by atoms with Gasteiger partial charge in [-0.2, -0.15) is 0 Å². The molecule has 1 saturated heterocycles. The highest BCUT2D eigenvalue weighted by Gasteiger charge is 2.33. The monoisotopic (exact) mass is 199 g/mol. The number of nitrogens with two attached hydrogens (primary N) is 1. The van der Waals surface area contributed by atoms with E-state index in [0.29, 0.717) is 5.92 Å². The van der Waals surface area contributed by atoms with Crippen molar-refractivity contribution in [2.24, 2.45) is 11.7 Å². The van der Waals surface area contributed by atoms with Gasteiger partial charge in [0.15, 0.2) is 0 Å². The zero-order valence-corrected chi connectivity index (χ0v) is 9.50. The van der Waals surface area contributed by atoms with Gasteiger partial charge in [-0.15, -0.1) is 0 Å². The molecule has 4 nitrogen and oxygen atoms in total. The minimum atomic E-state index is -0.156. The number of urea groups is 1. The summed E-state index contributed by atoms with van der Waals surface area (Å²) in [5.74, 6) is 0.473. The van der Waals surface area contributed by atoms with Gasteiger partial charge >= 0.3 is 6.03 Å². The number of likely N-dealkylation sites (tertiary alicyclic amines) is 1. The van der Waals surface area contributed by atoms with E-state index in [2.05, 4.69) is 5.32 Å². The van der Waals surface area contributed by atoms with Crippen molar-refractivity contribution in [2.45, 2.75) is 39.3 Å². The lowest BCUT2D eigenvalue weighted by atomic mass is 9.94. The fourth-order valence-corrected chi connectivity index (χ4v) is 1.41. The Morgan fingerprint density at radius 1 is 1.50 bits per heavy atom. The molecule has 0 aliphatic carbocycles. The summed E-state index contributed by atoms with van der Waals surface area (Å²) < 4.78 is 0. The lowest BCUT2D eigenvalue weighted by Gasteiger charge is -2.42. The van der Waals surface area contributed by atoms with Crippen LogP contribution >= 0.6 is 0 Å². The highest BCUT2D eigenvalue weighted by Crippen LogP contribution is 2.18. The smallest absolute Gasteiger partial charge is 0.317 e. The van der Waals surface area contributed by atoms with Gasteiger partial charge in [0.1, 0.15) is 0 Å². The Balaban J connectivity index is 2.30. The van der Waals surface area contributed by atoms with Crippen LogP contribution in [0.1, 0.15) is 27.7 Å². The molecular formula is C10H21N3O. The SMILES string of the molecule is CC(N)C1CN(C(=O)NC(C)(C)C)C1. The van der Waals surface area contributed by atoms with Gasteiger partial charge in [-0.3, -0.25) is 0 Å². The molecule has 0 aromatic heterocycles. The second-order valence-corrected chi connectivity index (χ2v) is 5.20. The summed E-state index contributed by atoms with van der Waals surface area (Å²) in [6.45, 7) is 9.51. The summed E-state index contributed by atoms with van der Waals surface area (Å²) in [5, 5.41) is 2.93. The van der Waals surface area contributed by atoms with Crippen LogP contribution in [-0.2, 0) is 0 Å². The van der Waals surface area contributed by atoms with E-state index in [0.717, 1.165) is 13.1 Å². The molecule has 1 heterocycles. The van der Waals surface area contributed by atoms with E-state index in [-0.39, 0.29) is 17.6 Å². The van der Waals surface area contributed by atoms with E-state index < -0.39 is 0 Å². The van der Waals surface area contributed by atoms with Gasteiger partial charge in [0.25, 0.3) is 0 Å². The van der Waals surface area contributed by atoms with Gasteiger partial charge in [-0.05, 0) is 27.7 Å². The number of rotatable bonds is 1. The maximum Gasteiger partial charge on any atom is 0.317 e. The molecule has 0 saturated carbocycles. The fraction of sp³-hybridized carbons (Fsp3) is 0.900. The van der Waals surface area contributed by atoms with Crippen molar-refractivity contribution in [3.63, 3.8) is 0 Å². The van der Waals surface area contributed by atoms with Crippen LogP contribution in [0.5, 0.6) is 0 Å². The Bertz CT molecular complexity index is 214. The molecule has 14 heavy (non-hydrogen) atoms. The average molecular weight is 199 g/mol. The largest absolute Gasteiger partial charge is 0.333 e. The summed E-state index contributed by atoms with van der Waals surface area (Å²) in [7, 11) is 0. The van der Waals surface area contributed by atoms with Crippen molar-refractivity contribution >= 4 is 6.03 Å². The van der Waals surface area contributed by atoms with Crippen LogP contribution in [0.15, 0.2) is 0 Å². The number of carbonyl (C=O) groups excluding carboxylic acids is 1. The van der Waals surface area contributed by atoms with Crippen molar-refractivity contribution in [2.75, 3.05) is 13.1 Å². The molecule has 0 aromatic carbocycles. The van der Waals surface area contributed by atoms with Crippen LogP contribution in [0.4, 0.5) is 4.79 Å². The van der Waals surface area contributed by atoms with Crippen molar-refractivity contribution in [1.29, 1.82) is 0 Å². The minimum Gasteiger partial charge on any atom is -0.333 e. The maximum absolute atomic E-state index is 11.6. The standard InChI is InChI=1S/C10H21N3O/c1-7(11)8-5-13(6-8)9(14)12-10(2,3)4/h7-8H,5-6,11H2,1-4H3,(H,12,14). The fourth-order valence-electron chi connectivity index (χ4n) is 1.41. The van der Waals surface area contributed by atoms with E-state index in [9.17, 15) is 4.79 Å². The first-order valence-corrected chi connectivity index (χ1v) is 5.12. The van der Waals surface area contributed by atoms with Gasteiger partial charge in [0.2, 0.25) is 0 Å². The van der Waals surface area contributed by atoms with Gasteiger partial charge < -0.3 is 16.0 Å². The lowest BCUT2D eigenvalue weighted by Crippen LogP contribution is -2.60. The molecule has 82 valence electrons. The summed E-state index contributed by atoms with van der Waals surface area (Å²) in [6, 6.07) is 0.211. The number of amides is 2. The van der Waals surface area contributed by atoms with E-state index >= 15 is 0 Å². The Morgan fingerprint density at radius 3 is 2.36 bits per heavy atom. The third kappa shape index (κ3) is 2.87. The molecule has 1 rings (SSSR count). The Morgan fingerprint density at radius 2 is 2.00 bits per heavy atom. The molecule has 1 atom stereocenters. The van der Waals surface area contributed by atoms with Crippen LogP contribution in [0.2, 0.25) is 0 Å². The van der Waals surface area contributed by atoms with Crippen LogP contribution in [0.3, 0.4) is 0 Å². The number of carbonyl (C=O) groups is 1. The summed E-state index contributed by atoms with van der Waals surface area (Å²) in [4.78, 5) is 13.4. The molecule has 4 heteroatoms. The second kappa shape index (κ2) is 3.77. The predicted molar refractivity (Wildman–Crippen MR) is 57.0 cm³/mol. The molecule has 0 bridgehead atoms. The second-order valence-electron chi connectivity index (χ2n) is 5.20. The third-order valence-electron chi connectivity index (χ3n) is 2.42. The third-order valence-corrected chi connectivity index (χ3v) is 2.42. The van der Waals surface area contributed by atoms with Crippen molar-refractivity contribution in [1.82, 2.24) is 10.2 Å². The molecule has 0 aromatic rings. The van der Waals surface area contributed by atoms with Crippen LogP contribution in [-0.4, -0.2) is 35.6 Å². The first-order valence-electron chi connectivity index (χ1n) is 5.12. The Hall–Kier alpha value is -0.770. The van der Waals surface area contributed by atoms with Gasteiger partial charge in [0.05, 0.1) is 0 Å². The quantitative estimate of drug-likeness (QED) is 0.655. The van der Waals surface area contributed by atoms with Gasteiger partial charge in [0, 0.05) is 30.6 Å². The summed E-state index contributed by atoms with van der Waals surface area (Å²) in [5.41, 5.74) is 5.57. The zero-order chi connectivity index (χ0) is 10.9. The molecule has 0 radical (unpaired) electrons. The van der Waals surface area contributed by atoms with Crippen LogP contribution in [0, 0.1) is 5.92 Å². The molecular weight excluding hydrogens is 178 g/mol. The van der Waals surface area contributed by atoms with Crippen molar-refractivity contribution < 1.29 is 4.79 Å². The number of nitrogens with zero attached hydrogens (tertiary/aromatic N) is 1. The first kappa shape index (κ1) is 11.3. The Kier molecular flexibility index (Phi) is 3.04. The summed E-state index contributed by atoms with van der Waals surface area (Å²) >= 11 is 0. The highest BCUT2D eigenvalue weighted by molar-refractivity contribution is 5.75. The topological polar surface area (TPSA) is 58.4 Å². The minimum absolute atomic E-state index is 0.0226. The molecule has 1 aliphatic rings. The first-order chi connectivity index (χ1) is 6.29. The van der Waals surface area contributed by atoms with E-state index in [1.807, 2.05) is 27.7 Å². The lowest BCUT2D eigenvalue weighted by molar-refractivity contribution is 0.104. The van der Waals surface area contributed by atoms with E-state index in [4.69, 9.17) is 5.73 Å². The summed E-state index contributed by atoms with van der Waals surface area (Å²) in [6.07, 6.45) is 0. The molecule has 0 spiro atoms. The predicted octanol–water partition coefficient (Wildman–Crippen LogP) is 0.773. The molecule has 1 unspecified atom stereocenters. The average Bonchev–Trinajstić information content (AvgIpc) is 1.75. The van der Waals surface area contributed by atoms with Crippen LogP contribution in [0.25, 0.3) is 0 Å². The Labute approximate surface area is 85.8 Å².